The molecule has 0 radical (unpaired) electrons. The Kier molecular flexibility index (Phi) is 2.41. The molecule has 0 saturated carbocycles. The Labute approximate surface area is 55.6 Å². The van der Waals surface area contributed by atoms with Crippen LogP contribution in [-0.2, 0) is 10.3 Å². The molecule has 0 fully saturated rings. The Morgan fingerprint density at radius 3 is 2.11 bits per heavy atom. The maximum absolute atomic E-state index is 11.8. The number of quaternary nitrogens is 1. The molecular formula is CH4FNO4S2. The van der Waals surface area contributed by atoms with Crippen molar-refractivity contribution >= 4 is 22.3 Å². The fourth-order valence-corrected chi connectivity index (χ4v) is 0.848. The summed E-state index contributed by atoms with van der Waals surface area (Å²) in [6, 6.07) is 0. The van der Waals surface area contributed by atoms with Crippen molar-refractivity contribution in [3.63, 3.8) is 0 Å². The maximum Gasteiger partial charge on any atom is 0.482 e. The molecule has 1 unspecified atom stereocenters. The van der Waals surface area contributed by atoms with E-state index in [0.717, 1.165) is 6.26 Å². The Balaban J connectivity index is 4.56. The van der Waals surface area contributed by atoms with Crippen molar-refractivity contribution in [2.45, 2.75) is 0 Å². The van der Waals surface area contributed by atoms with Crippen molar-refractivity contribution in [3.8, 4) is 0 Å². The number of hydrogen-bond acceptors (Lipinski definition) is 4. The summed E-state index contributed by atoms with van der Waals surface area (Å²) in [4.78, 5) is 0. The highest BCUT2D eigenvalue weighted by Crippen LogP contribution is 2.23. The Morgan fingerprint density at radius 1 is 1.78 bits per heavy atom. The second kappa shape index (κ2) is 2.39. The van der Waals surface area contributed by atoms with E-state index in [9.17, 15) is 18.1 Å². The largest absolute Gasteiger partial charge is 0.563 e. The zero-order valence-corrected chi connectivity index (χ0v) is 5.95. The van der Waals surface area contributed by atoms with Gasteiger partial charge in [-0.15, -0.1) is 8.42 Å². The minimum atomic E-state index is -5.17. The molecule has 1 atom stereocenters. The first kappa shape index (κ1) is 9.11. The van der Waals surface area contributed by atoms with Crippen LogP contribution in [0, 0.1) is 5.21 Å². The van der Waals surface area contributed by atoms with Gasteiger partial charge in [-0.05, 0) is 0 Å². The second-order valence-corrected chi connectivity index (χ2v) is 3.49. The molecule has 0 heterocycles. The minimum absolute atomic E-state index is 0.189. The first-order valence-electron chi connectivity index (χ1n) is 1.64. The van der Waals surface area contributed by atoms with Crippen molar-refractivity contribution < 1.29 is 21.1 Å². The van der Waals surface area contributed by atoms with Gasteiger partial charge in [0.05, 0.1) is 0 Å². The quantitative estimate of drug-likeness (QED) is 0.283. The van der Waals surface area contributed by atoms with E-state index >= 15 is 0 Å². The lowest BCUT2D eigenvalue weighted by atomic mass is 12.0. The molecule has 0 aliphatic heterocycles. The van der Waals surface area contributed by atoms with Crippen LogP contribution in [0.5, 0.6) is 0 Å². The molecule has 0 bridgehead atoms. The topological polar surface area (TPSA) is 77.4 Å². The summed E-state index contributed by atoms with van der Waals surface area (Å²) >= 11 is -0.189. The van der Waals surface area contributed by atoms with Gasteiger partial charge in [0.2, 0.25) is 0 Å². The molecular weight excluding hydrogens is 173 g/mol. The molecule has 1 N–H and O–H groups in total. The van der Waals surface area contributed by atoms with E-state index < -0.39 is 14.0 Å². The van der Waals surface area contributed by atoms with Crippen molar-refractivity contribution in [2.24, 2.45) is 0 Å². The van der Waals surface area contributed by atoms with Gasteiger partial charge < -0.3 is 5.21 Å². The third kappa shape index (κ3) is 2.06. The zero-order chi connectivity index (χ0) is 7.71. The van der Waals surface area contributed by atoms with E-state index in [2.05, 4.69) is 0 Å². The van der Waals surface area contributed by atoms with Crippen LogP contribution < -0.4 is 0 Å². The van der Waals surface area contributed by atoms with Crippen molar-refractivity contribution in [1.29, 1.82) is 0 Å². The van der Waals surface area contributed by atoms with Crippen molar-refractivity contribution in [2.75, 3.05) is 6.26 Å². The van der Waals surface area contributed by atoms with Crippen LogP contribution in [0.2, 0.25) is 0 Å². The van der Waals surface area contributed by atoms with E-state index in [1.165, 1.54) is 0 Å². The molecule has 0 aliphatic rings. The average Bonchev–Trinajstić information content (AvgIpc) is 1.64. The Bertz CT molecular complexity index is 185. The molecule has 0 aromatic carbocycles. The van der Waals surface area contributed by atoms with Crippen LogP contribution in [0.4, 0.5) is 4.48 Å². The highest BCUT2D eigenvalue weighted by atomic mass is 32.3. The third-order valence-corrected chi connectivity index (χ3v) is 2.49. The fraction of sp³-hybridized carbons (Fsp3) is 1.00. The molecule has 0 spiro atoms. The normalized spacial score (nSPS) is 19.1. The number of nitrogens with zero attached hydrogens (tertiary/aromatic N) is 1. The minimum Gasteiger partial charge on any atom is -0.563 e. The summed E-state index contributed by atoms with van der Waals surface area (Å²) in [5.74, 6) is 0. The summed E-state index contributed by atoms with van der Waals surface area (Å²) in [5.41, 5.74) is 0. The zero-order valence-electron chi connectivity index (χ0n) is 4.31. The second-order valence-electron chi connectivity index (χ2n) is 1.06. The lowest BCUT2D eigenvalue weighted by Crippen LogP contribution is -2.30. The van der Waals surface area contributed by atoms with Crippen LogP contribution in [0.25, 0.3) is 0 Å². The van der Waals surface area contributed by atoms with Gasteiger partial charge in [0, 0.05) is 14.4 Å². The molecule has 0 amide bonds. The smallest absolute Gasteiger partial charge is 0.482 e. The van der Waals surface area contributed by atoms with Gasteiger partial charge >= 0.3 is 10.3 Å². The van der Waals surface area contributed by atoms with E-state index in [1.807, 2.05) is 0 Å². The van der Waals surface area contributed by atoms with Gasteiger partial charge in [-0.25, -0.2) is 4.55 Å². The summed E-state index contributed by atoms with van der Waals surface area (Å²) in [6.45, 7) is 0. The molecule has 0 aromatic heterocycles. The summed E-state index contributed by atoms with van der Waals surface area (Å²) in [6.07, 6.45) is 0.917. The Morgan fingerprint density at radius 2 is 2.11 bits per heavy atom. The monoisotopic (exact) mass is 177 g/mol. The number of halogens is 1. The van der Waals surface area contributed by atoms with Crippen LogP contribution in [0.3, 0.4) is 0 Å². The summed E-state index contributed by atoms with van der Waals surface area (Å²) < 4.78 is 35.8. The lowest BCUT2D eigenvalue weighted by Gasteiger charge is -2.18. The predicted octanol–water partition coefficient (Wildman–Crippen LogP) is 0.266. The molecule has 0 aliphatic carbocycles. The first-order valence-corrected chi connectivity index (χ1v) is 4.22. The van der Waals surface area contributed by atoms with Crippen molar-refractivity contribution in [3.05, 3.63) is 5.21 Å². The fourth-order valence-electron chi connectivity index (χ4n) is 0.0942. The lowest BCUT2D eigenvalue weighted by molar-refractivity contribution is -0.779. The highest BCUT2D eigenvalue weighted by Gasteiger charge is 2.33. The molecule has 9 heavy (non-hydrogen) atoms. The van der Waals surface area contributed by atoms with Crippen molar-refractivity contribution in [1.82, 2.24) is 0 Å². The first-order chi connectivity index (χ1) is 3.81. The van der Waals surface area contributed by atoms with E-state index in [1.54, 1.807) is 0 Å². The highest BCUT2D eigenvalue weighted by molar-refractivity contribution is 8.00. The van der Waals surface area contributed by atoms with Crippen LogP contribution >= 0.6 is 11.9 Å². The molecule has 5 nitrogen and oxygen atoms in total. The summed E-state index contributed by atoms with van der Waals surface area (Å²) in [7, 11) is -5.17. The molecule has 0 rings (SSSR count). The van der Waals surface area contributed by atoms with Gasteiger partial charge in [-0.1, -0.05) is 0 Å². The molecule has 0 saturated heterocycles. The summed E-state index contributed by atoms with van der Waals surface area (Å²) in [5, 5.41) is 9.89. The third-order valence-electron chi connectivity index (χ3n) is 0.494. The van der Waals surface area contributed by atoms with Gasteiger partial charge in [0.1, 0.15) is 11.9 Å². The standard InChI is InChI=1S/CH4FNO4S2/c1-8-3(2,4)9(5,6)7/h1H3,(H,5,6,7). The van der Waals surface area contributed by atoms with E-state index in [4.69, 9.17) is 4.55 Å². The maximum atomic E-state index is 11.8. The molecule has 8 heteroatoms. The van der Waals surface area contributed by atoms with E-state index in [0.29, 0.717) is 0 Å². The van der Waals surface area contributed by atoms with E-state index in [-0.39, 0.29) is 11.9 Å². The predicted molar refractivity (Wildman–Crippen MR) is 29.8 cm³/mol. The van der Waals surface area contributed by atoms with Gasteiger partial charge in [-0.2, -0.15) is 0 Å². The number of hydrogen-bond donors (Lipinski definition) is 1. The Hall–Kier alpha value is 0.110. The van der Waals surface area contributed by atoms with Crippen LogP contribution in [-0.4, -0.2) is 22.9 Å². The van der Waals surface area contributed by atoms with Gasteiger partial charge in [-0.3, -0.25) is 0 Å². The molecule has 0 aromatic rings. The van der Waals surface area contributed by atoms with Crippen LogP contribution in [0.1, 0.15) is 0 Å². The van der Waals surface area contributed by atoms with Gasteiger partial charge in [0.25, 0.3) is 0 Å². The average molecular weight is 177 g/mol. The molecule has 56 valence electrons. The SMILES string of the molecule is CS[N+]([O-])(F)S(=O)(=O)O. The van der Waals surface area contributed by atoms with Crippen LogP contribution in [0.15, 0.2) is 0 Å². The van der Waals surface area contributed by atoms with Gasteiger partial charge in [0.15, 0.2) is 0 Å². The number of rotatable bonds is 2.